The maximum Gasteiger partial charge on any atom is 0.254 e. The molecule has 0 atom stereocenters. The summed E-state index contributed by atoms with van der Waals surface area (Å²) in [4.78, 5) is 23.8. The summed E-state index contributed by atoms with van der Waals surface area (Å²) in [7, 11) is 0. The van der Waals surface area contributed by atoms with Gasteiger partial charge in [0.2, 0.25) is 5.91 Å². The fourth-order valence-corrected chi connectivity index (χ4v) is 3.82. The van der Waals surface area contributed by atoms with Crippen LogP contribution in [-0.4, -0.2) is 27.6 Å². The minimum Gasteiger partial charge on any atom is -0.365 e. The summed E-state index contributed by atoms with van der Waals surface area (Å²) in [5.41, 5.74) is 6.79. The van der Waals surface area contributed by atoms with Crippen molar-refractivity contribution in [2.45, 2.75) is 57.2 Å². The van der Waals surface area contributed by atoms with Crippen molar-refractivity contribution in [1.82, 2.24) is 15.1 Å². The van der Waals surface area contributed by atoms with E-state index in [1.807, 2.05) is 0 Å². The van der Waals surface area contributed by atoms with Crippen LogP contribution >= 0.6 is 0 Å². The van der Waals surface area contributed by atoms with Gasteiger partial charge in [0.1, 0.15) is 11.4 Å². The van der Waals surface area contributed by atoms with Crippen LogP contribution in [0.1, 0.15) is 60.5 Å². The molecule has 1 aromatic heterocycles. The lowest BCUT2D eigenvalue weighted by atomic mass is 9.91. The number of anilines is 1. The second-order valence-electron chi connectivity index (χ2n) is 8.01. The third kappa shape index (κ3) is 4.82. The number of nitrogens with two attached hydrogens (primary N) is 1. The van der Waals surface area contributed by atoms with Gasteiger partial charge in [0, 0.05) is 24.7 Å². The summed E-state index contributed by atoms with van der Waals surface area (Å²) < 4.78 is 14.8. The number of primary amides is 1. The maximum atomic E-state index is 13.0. The Morgan fingerprint density at radius 2 is 1.79 bits per heavy atom. The third-order valence-electron chi connectivity index (χ3n) is 5.77. The molecule has 29 heavy (non-hydrogen) atoms. The lowest BCUT2D eigenvalue weighted by Crippen LogP contribution is -2.33. The molecule has 2 fully saturated rings. The van der Waals surface area contributed by atoms with E-state index in [0.717, 1.165) is 44.1 Å². The number of nitrogens with zero attached hydrogens (tertiary/aromatic N) is 2. The Kier molecular flexibility index (Phi) is 5.62. The fraction of sp³-hybridized carbons (Fsp3) is 0.476. The molecule has 0 aliphatic heterocycles. The van der Waals surface area contributed by atoms with Crippen LogP contribution in [0.15, 0.2) is 30.5 Å². The summed E-state index contributed by atoms with van der Waals surface area (Å²) in [6.07, 6.45) is 7.19. The number of amides is 2. The van der Waals surface area contributed by atoms with Crippen molar-refractivity contribution in [2.75, 3.05) is 5.32 Å². The van der Waals surface area contributed by atoms with Gasteiger partial charge in [-0.1, -0.05) is 12.1 Å². The average molecular weight is 399 g/mol. The van der Waals surface area contributed by atoms with E-state index in [9.17, 15) is 14.0 Å². The number of rotatable bonds is 7. The summed E-state index contributed by atoms with van der Waals surface area (Å²) in [6.45, 7) is 0.709. The third-order valence-corrected chi connectivity index (χ3v) is 5.77. The normalized spacial score (nSPS) is 21.7. The smallest absolute Gasteiger partial charge is 0.254 e. The van der Waals surface area contributed by atoms with Crippen LogP contribution < -0.4 is 16.4 Å². The number of aromatic nitrogens is 2. The second kappa shape index (κ2) is 8.32. The SMILES string of the molecule is NC(=O)c1cn([C@H]2CC[C@H](NCc3ccc(F)cc3)CC2)nc1NC(=O)C1CC1. The average Bonchev–Trinajstić information content (AvgIpc) is 3.48. The zero-order valence-electron chi connectivity index (χ0n) is 16.2. The molecule has 1 aromatic carbocycles. The highest BCUT2D eigenvalue weighted by atomic mass is 19.1. The summed E-state index contributed by atoms with van der Waals surface area (Å²) >= 11 is 0. The number of halogens is 1. The lowest BCUT2D eigenvalue weighted by Gasteiger charge is -2.29. The van der Waals surface area contributed by atoms with Gasteiger partial charge in [0.15, 0.2) is 5.82 Å². The zero-order valence-corrected chi connectivity index (χ0v) is 16.2. The molecule has 0 bridgehead atoms. The number of nitrogens with one attached hydrogen (secondary N) is 2. The van der Waals surface area contributed by atoms with E-state index in [2.05, 4.69) is 15.7 Å². The summed E-state index contributed by atoms with van der Waals surface area (Å²) in [5.74, 6) is -0.602. The van der Waals surface area contributed by atoms with E-state index in [0.29, 0.717) is 12.6 Å². The van der Waals surface area contributed by atoms with Crippen molar-refractivity contribution in [1.29, 1.82) is 0 Å². The molecule has 0 saturated heterocycles. The van der Waals surface area contributed by atoms with Gasteiger partial charge in [-0.3, -0.25) is 14.3 Å². The Bertz CT molecular complexity index is 883. The number of hydrogen-bond acceptors (Lipinski definition) is 4. The van der Waals surface area contributed by atoms with Crippen LogP contribution in [0.3, 0.4) is 0 Å². The first-order valence-electron chi connectivity index (χ1n) is 10.2. The van der Waals surface area contributed by atoms with Gasteiger partial charge in [0.25, 0.3) is 5.91 Å². The van der Waals surface area contributed by atoms with Gasteiger partial charge in [-0.15, -0.1) is 0 Å². The van der Waals surface area contributed by atoms with Crippen molar-refractivity contribution in [3.05, 3.63) is 47.4 Å². The molecule has 0 spiro atoms. The predicted octanol–water partition coefficient (Wildman–Crippen LogP) is 2.74. The Labute approximate surface area is 168 Å². The van der Waals surface area contributed by atoms with Crippen LogP contribution in [0.2, 0.25) is 0 Å². The Morgan fingerprint density at radius 3 is 2.41 bits per heavy atom. The molecule has 154 valence electrons. The van der Waals surface area contributed by atoms with Gasteiger partial charge < -0.3 is 16.4 Å². The van der Waals surface area contributed by atoms with Crippen molar-refractivity contribution in [3.8, 4) is 0 Å². The summed E-state index contributed by atoms with van der Waals surface area (Å²) in [5, 5.41) is 10.7. The quantitative estimate of drug-likeness (QED) is 0.666. The molecule has 7 nitrogen and oxygen atoms in total. The predicted molar refractivity (Wildman–Crippen MR) is 107 cm³/mol. The molecule has 0 radical (unpaired) electrons. The number of benzene rings is 1. The molecule has 2 aromatic rings. The number of carbonyl (C=O) groups excluding carboxylic acids is 2. The van der Waals surface area contributed by atoms with E-state index in [1.165, 1.54) is 12.1 Å². The standard InChI is InChI=1S/C21H26FN5O2/c22-15-5-1-13(2-6-15)11-24-16-7-9-17(10-8-16)27-12-18(19(23)28)20(26-27)25-21(29)14-3-4-14/h1-2,5-6,12,14,16-17,24H,3-4,7-11H2,(H2,23,28)(H,25,26,29)/t16-,17-. The van der Waals surface area contributed by atoms with E-state index in [4.69, 9.17) is 5.73 Å². The lowest BCUT2D eigenvalue weighted by molar-refractivity contribution is -0.117. The summed E-state index contributed by atoms with van der Waals surface area (Å²) in [6, 6.07) is 7.09. The van der Waals surface area contributed by atoms with Gasteiger partial charge in [-0.25, -0.2) is 4.39 Å². The highest BCUT2D eigenvalue weighted by molar-refractivity contribution is 6.02. The van der Waals surface area contributed by atoms with E-state index in [-0.39, 0.29) is 35.1 Å². The first kappa shape index (κ1) is 19.6. The Hall–Kier alpha value is -2.74. The van der Waals surface area contributed by atoms with Crippen LogP contribution in [0.4, 0.5) is 10.2 Å². The van der Waals surface area contributed by atoms with Crippen molar-refractivity contribution < 1.29 is 14.0 Å². The molecule has 1 heterocycles. The van der Waals surface area contributed by atoms with Crippen LogP contribution in [0.25, 0.3) is 0 Å². The maximum absolute atomic E-state index is 13.0. The Balaban J connectivity index is 1.33. The first-order chi connectivity index (χ1) is 14.0. The molecule has 2 aliphatic carbocycles. The van der Waals surface area contributed by atoms with E-state index in [1.54, 1.807) is 23.0 Å². The number of carbonyl (C=O) groups is 2. The highest BCUT2D eigenvalue weighted by Crippen LogP contribution is 2.32. The van der Waals surface area contributed by atoms with Crippen molar-refractivity contribution in [2.24, 2.45) is 11.7 Å². The van der Waals surface area contributed by atoms with Gasteiger partial charge >= 0.3 is 0 Å². The molecular formula is C21H26FN5O2. The second-order valence-corrected chi connectivity index (χ2v) is 8.01. The molecule has 4 N–H and O–H groups in total. The molecule has 2 amide bonds. The minimum absolute atomic E-state index is 0.0310. The van der Waals surface area contributed by atoms with Gasteiger partial charge in [-0.2, -0.15) is 5.10 Å². The van der Waals surface area contributed by atoms with Crippen LogP contribution in [-0.2, 0) is 11.3 Å². The highest BCUT2D eigenvalue weighted by Gasteiger charge is 2.31. The molecular weight excluding hydrogens is 373 g/mol. The molecule has 0 unspecified atom stereocenters. The molecule has 8 heteroatoms. The number of hydrogen-bond donors (Lipinski definition) is 3. The monoisotopic (exact) mass is 399 g/mol. The first-order valence-corrected chi connectivity index (χ1v) is 10.2. The van der Waals surface area contributed by atoms with Crippen LogP contribution in [0.5, 0.6) is 0 Å². The van der Waals surface area contributed by atoms with Crippen molar-refractivity contribution in [3.63, 3.8) is 0 Å². The van der Waals surface area contributed by atoms with Gasteiger partial charge in [0.05, 0.1) is 6.04 Å². The molecule has 2 saturated carbocycles. The van der Waals surface area contributed by atoms with E-state index < -0.39 is 5.91 Å². The molecule has 4 rings (SSSR count). The largest absolute Gasteiger partial charge is 0.365 e. The molecule has 2 aliphatic rings. The zero-order chi connectivity index (χ0) is 20.4. The topological polar surface area (TPSA) is 102 Å². The van der Waals surface area contributed by atoms with E-state index >= 15 is 0 Å². The van der Waals surface area contributed by atoms with Crippen LogP contribution in [0, 0.1) is 11.7 Å². The van der Waals surface area contributed by atoms with Gasteiger partial charge in [-0.05, 0) is 56.2 Å². The Morgan fingerprint density at radius 1 is 1.10 bits per heavy atom. The van der Waals surface area contributed by atoms with Crippen molar-refractivity contribution >= 4 is 17.6 Å². The fourth-order valence-electron chi connectivity index (χ4n) is 3.82. The minimum atomic E-state index is -0.586.